The largest absolute Gasteiger partial charge is 0.303 e. The molecule has 0 spiro atoms. The van der Waals surface area contributed by atoms with Gasteiger partial charge in [-0.2, -0.15) is 0 Å². The number of carbonyl (C=O) groups is 1. The van der Waals surface area contributed by atoms with E-state index in [4.69, 9.17) is 0 Å². The number of likely N-dealkylation sites (tertiary alicyclic amines) is 1. The number of hydrogen-bond acceptors (Lipinski definition) is 2. The van der Waals surface area contributed by atoms with Crippen molar-refractivity contribution in [3.63, 3.8) is 0 Å². The lowest BCUT2D eigenvalue weighted by atomic mass is 9.99. The molecule has 1 rings (SSSR count). The monoisotopic (exact) mass is 233 g/mol. The summed E-state index contributed by atoms with van der Waals surface area (Å²) >= 11 is 3.42. The predicted molar refractivity (Wildman–Crippen MR) is 53.6 cm³/mol. The van der Waals surface area contributed by atoms with E-state index in [2.05, 4.69) is 20.8 Å². The molecule has 3 heteroatoms. The highest BCUT2D eigenvalue weighted by atomic mass is 79.9. The lowest BCUT2D eigenvalue weighted by molar-refractivity contribution is -0.112. The molecule has 0 saturated carbocycles. The Hall–Kier alpha value is 0.110. The van der Waals surface area contributed by atoms with Crippen LogP contribution in [-0.4, -0.2) is 36.2 Å². The van der Waals surface area contributed by atoms with E-state index in [1.807, 2.05) is 0 Å². The van der Waals surface area contributed by atoms with Crippen LogP contribution in [0, 0.1) is 5.92 Å². The zero-order chi connectivity index (χ0) is 8.81. The maximum Gasteiger partial charge on any atom is 0.123 e. The fourth-order valence-electron chi connectivity index (χ4n) is 1.60. The van der Waals surface area contributed by atoms with Gasteiger partial charge in [-0.15, -0.1) is 0 Å². The molecule has 1 fully saturated rings. The molecule has 0 amide bonds. The van der Waals surface area contributed by atoms with E-state index >= 15 is 0 Å². The first-order chi connectivity index (χ1) is 5.86. The number of aldehydes is 1. The number of hydrogen-bond donors (Lipinski definition) is 0. The summed E-state index contributed by atoms with van der Waals surface area (Å²) < 4.78 is 0. The van der Waals surface area contributed by atoms with Gasteiger partial charge in [0.1, 0.15) is 6.29 Å². The van der Waals surface area contributed by atoms with Crippen LogP contribution in [0.15, 0.2) is 0 Å². The van der Waals surface area contributed by atoms with Crippen molar-refractivity contribution in [2.45, 2.75) is 19.3 Å². The van der Waals surface area contributed by atoms with E-state index in [1.54, 1.807) is 0 Å². The Morgan fingerprint density at radius 1 is 1.42 bits per heavy atom. The third-order valence-electron chi connectivity index (χ3n) is 2.43. The second-order valence-electron chi connectivity index (χ2n) is 3.36. The van der Waals surface area contributed by atoms with Crippen molar-refractivity contribution in [1.82, 2.24) is 4.90 Å². The van der Waals surface area contributed by atoms with Gasteiger partial charge in [-0.3, -0.25) is 0 Å². The second-order valence-corrected chi connectivity index (χ2v) is 4.15. The minimum atomic E-state index is 0.338. The molecule has 0 bridgehead atoms. The zero-order valence-electron chi connectivity index (χ0n) is 7.34. The molecule has 0 aromatic carbocycles. The Bertz CT molecular complexity index is 132. The first-order valence-corrected chi connectivity index (χ1v) is 5.72. The fourth-order valence-corrected chi connectivity index (χ4v) is 1.85. The smallest absolute Gasteiger partial charge is 0.123 e. The molecule has 0 unspecified atom stereocenters. The van der Waals surface area contributed by atoms with Crippen molar-refractivity contribution in [3.8, 4) is 0 Å². The van der Waals surface area contributed by atoms with Gasteiger partial charge in [-0.05, 0) is 38.9 Å². The number of alkyl halides is 1. The third-order valence-corrected chi connectivity index (χ3v) is 2.99. The van der Waals surface area contributed by atoms with Crippen molar-refractivity contribution >= 4 is 22.2 Å². The summed E-state index contributed by atoms with van der Waals surface area (Å²) in [6, 6.07) is 0. The quantitative estimate of drug-likeness (QED) is 0.545. The molecule has 1 saturated heterocycles. The summed E-state index contributed by atoms with van der Waals surface area (Å²) in [6.07, 6.45) is 4.45. The molecule has 12 heavy (non-hydrogen) atoms. The molecule has 0 atom stereocenters. The maximum absolute atomic E-state index is 10.5. The Morgan fingerprint density at radius 3 is 2.58 bits per heavy atom. The van der Waals surface area contributed by atoms with Crippen LogP contribution >= 0.6 is 15.9 Å². The Kier molecular flexibility index (Phi) is 4.84. The number of piperidine rings is 1. The second kappa shape index (κ2) is 5.70. The van der Waals surface area contributed by atoms with Crippen LogP contribution in [0.2, 0.25) is 0 Å². The average Bonchev–Trinajstić information content (AvgIpc) is 2.15. The topological polar surface area (TPSA) is 20.3 Å². The van der Waals surface area contributed by atoms with Gasteiger partial charge in [0.15, 0.2) is 0 Å². The first kappa shape index (κ1) is 10.2. The third kappa shape index (κ3) is 3.23. The highest BCUT2D eigenvalue weighted by molar-refractivity contribution is 9.09. The fraction of sp³-hybridized carbons (Fsp3) is 0.889. The Morgan fingerprint density at radius 2 is 2.08 bits per heavy atom. The van der Waals surface area contributed by atoms with Crippen LogP contribution in [0.3, 0.4) is 0 Å². The van der Waals surface area contributed by atoms with Crippen LogP contribution in [0.4, 0.5) is 0 Å². The summed E-state index contributed by atoms with van der Waals surface area (Å²) in [5, 5.41) is 1.08. The van der Waals surface area contributed by atoms with E-state index < -0.39 is 0 Å². The zero-order valence-corrected chi connectivity index (χ0v) is 8.92. The molecule has 0 radical (unpaired) electrons. The van der Waals surface area contributed by atoms with Crippen molar-refractivity contribution in [2.75, 3.05) is 25.0 Å². The molecule has 1 heterocycles. The Balaban J connectivity index is 2.12. The molecule has 0 aromatic rings. The van der Waals surface area contributed by atoms with Crippen LogP contribution in [0.5, 0.6) is 0 Å². The van der Waals surface area contributed by atoms with Gasteiger partial charge in [0.25, 0.3) is 0 Å². The normalized spacial score (nSPS) is 21.1. The Labute approximate surface area is 82.4 Å². The van der Waals surface area contributed by atoms with E-state index in [0.29, 0.717) is 5.92 Å². The van der Waals surface area contributed by atoms with E-state index in [9.17, 15) is 4.79 Å². The van der Waals surface area contributed by atoms with Gasteiger partial charge in [0, 0.05) is 11.2 Å². The van der Waals surface area contributed by atoms with Crippen molar-refractivity contribution in [2.24, 2.45) is 5.92 Å². The molecule has 0 aliphatic carbocycles. The minimum Gasteiger partial charge on any atom is -0.303 e. The lowest BCUT2D eigenvalue weighted by Gasteiger charge is -2.29. The van der Waals surface area contributed by atoms with Crippen molar-refractivity contribution < 1.29 is 4.79 Å². The van der Waals surface area contributed by atoms with Crippen LogP contribution in [-0.2, 0) is 4.79 Å². The van der Waals surface area contributed by atoms with Crippen molar-refractivity contribution in [1.29, 1.82) is 0 Å². The number of rotatable bonds is 4. The van der Waals surface area contributed by atoms with E-state index in [0.717, 1.165) is 37.5 Å². The van der Waals surface area contributed by atoms with Gasteiger partial charge in [-0.25, -0.2) is 0 Å². The molecule has 70 valence electrons. The summed E-state index contributed by atoms with van der Waals surface area (Å²) in [5.74, 6) is 0.338. The molecular weight excluding hydrogens is 218 g/mol. The van der Waals surface area contributed by atoms with Crippen molar-refractivity contribution in [3.05, 3.63) is 0 Å². The van der Waals surface area contributed by atoms with Gasteiger partial charge >= 0.3 is 0 Å². The minimum absolute atomic E-state index is 0.338. The van der Waals surface area contributed by atoms with Gasteiger partial charge in [0.05, 0.1) is 0 Å². The predicted octanol–water partition coefficient (Wildman–Crippen LogP) is 1.68. The molecule has 2 nitrogen and oxygen atoms in total. The molecule has 1 aliphatic rings. The van der Waals surface area contributed by atoms with Gasteiger partial charge in [0.2, 0.25) is 0 Å². The lowest BCUT2D eigenvalue weighted by Crippen LogP contribution is -2.34. The van der Waals surface area contributed by atoms with E-state index in [1.165, 1.54) is 13.0 Å². The van der Waals surface area contributed by atoms with Crippen LogP contribution in [0.25, 0.3) is 0 Å². The number of carbonyl (C=O) groups excluding carboxylic acids is 1. The van der Waals surface area contributed by atoms with Gasteiger partial charge in [-0.1, -0.05) is 15.9 Å². The summed E-state index contributed by atoms with van der Waals surface area (Å²) in [6.45, 7) is 3.39. The standard InChI is InChI=1S/C9H16BrNO/c10-4-1-5-11-6-2-9(8-12)3-7-11/h8-9H,1-7H2. The number of nitrogens with zero attached hydrogens (tertiary/aromatic N) is 1. The molecule has 1 aliphatic heterocycles. The van der Waals surface area contributed by atoms with Gasteiger partial charge < -0.3 is 9.69 Å². The molecular formula is C9H16BrNO. The first-order valence-electron chi connectivity index (χ1n) is 4.60. The average molecular weight is 234 g/mol. The molecule has 0 aromatic heterocycles. The molecule has 0 N–H and O–H groups in total. The van der Waals surface area contributed by atoms with Crippen LogP contribution < -0.4 is 0 Å². The van der Waals surface area contributed by atoms with E-state index in [-0.39, 0.29) is 0 Å². The SMILES string of the molecule is O=CC1CCN(CCCBr)CC1. The maximum atomic E-state index is 10.5. The highest BCUT2D eigenvalue weighted by Crippen LogP contribution is 2.14. The summed E-state index contributed by atoms with van der Waals surface area (Å²) in [5.41, 5.74) is 0. The number of halogens is 1. The summed E-state index contributed by atoms with van der Waals surface area (Å²) in [4.78, 5) is 12.9. The summed E-state index contributed by atoms with van der Waals surface area (Å²) in [7, 11) is 0. The highest BCUT2D eigenvalue weighted by Gasteiger charge is 2.17. The van der Waals surface area contributed by atoms with Crippen LogP contribution in [0.1, 0.15) is 19.3 Å².